The van der Waals surface area contributed by atoms with Gasteiger partial charge in [0.2, 0.25) is 0 Å². The first-order valence-electron chi connectivity index (χ1n) is 7.89. The molecule has 3 rings (SSSR count). The van der Waals surface area contributed by atoms with Gasteiger partial charge in [-0.15, -0.1) is 11.3 Å². The zero-order valence-electron chi connectivity index (χ0n) is 13.8. The standard InChI is InChI=1S/C19H19FN2OS/c1-3-17-10-15(8-9-21-17)19-22-13(2)18(24-19)12-23-11-14-4-6-16(20)7-5-14/h4-10H,3,11-12H2,1-2H3. The molecule has 0 radical (unpaired) electrons. The van der Waals surface area contributed by atoms with Crippen LogP contribution in [0.5, 0.6) is 0 Å². The average Bonchev–Trinajstić information content (AvgIpc) is 2.98. The summed E-state index contributed by atoms with van der Waals surface area (Å²) in [5.41, 5.74) is 4.11. The van der Waals surface area contributed by atoms with Crippen molar-refractivity contribution in [3.8, 4) is 10.6 Å². The van der Waals surface area contributed by atoms with Crippen molar-refractivity contribution >= 4 is 11.3 Å². The Kier molecular flexibility index (Phi) is 5.33. The fraction of sp³-hybridized carbons (Fsp3) is 0.263. The van der Waals surface area contributed by atoms with Gasteiger partial charge < -0.3 is 4.74 Å². The molecular formula is C19H19FN2OS. The van der Waals surface area contributed by atoms with E-state index in [1.165, 1.54) is 12.1 Å². The van der Waals surface area contributed by atoms with Gasteiger partial charge in [-0.2, -0.15) is 0 Å². The fourth-order valence-corrected chi connectivity index (χ4v) is 3.33. The summed E-state index contributed by atoms with van der Waals surface area (Å²) in [4.78, 5) is 10.1. The van der Waals surface area contributed by atoms with Gasteiger partial charge in [-0.25, -0.2) is 9.37 Å². The summed E-state index contributed by atoms with van der Waals surface area (Å²) in [5, 5.41) is 0.991. The summed E-state index contributed by atoms with van der Waals surface area (Å²) >= 11 is 1.65. The maximum absolute atomic E-state index is 12.9. The Bertz CT molecular complexity index is 814. The van der Waals surface area contributed by atoms with Gasteiger partial charge in [0, 0.05) is 17.5 Å². The van der Waals surface area contributed by atoms with E-state index in [2.05, 4.69) is 23.0 Å². The molecule has 0 spiro atoms. The monoisotopic (exact) mass is 342 g/mol. The van der Waals surface area contributed by atoms with Gasteiger partial charge in [0.25, 0.3) is 0 Å². The molecule has 1 aromatic carbocycles. The Hall–Kier alpha value is -2.11. The molecule has 0 aliphatic rings. The molecule has 0 N–H and O–H groups in total. The minimum absolute atomic E-state index is 0.231. The van der Waals surface area contributed by atoms with Gasteiger partial charge in [-0.1, -0.05) is 19.1 Å². The van der Waals surface area contributed by atoms with Crippen molar-refractivity contribution in [2.24, 2.45) is 0 Å². The molecule has 3 aromatic rings. The number of halogens is 1. The maximum Gasteiger partial charge on any atom is 0.124 e. The Morgan fingerprint density at radius 3 is 2.67 bits per heavy atom. The predicted octanol–water partition coefficient (Wildman–Crippen LogP) is 4.93. The Labute approximate surface area is 145 Å². The fourth-order valence-electron chi connectivity index (χ4n) is 2.33. The molecule has 2 heterocycles. The summed E-state index contributed by atoms with van der Waals surface area (Å²) in [6.45, 7) is 5.06. The van der Waals surface area contributed by atoms with Crippen LogP contribution in [0.1, 0.15) is 28.8 Å². The summed E-state index contributed by atoms with van der Waals surface area (Å²) in [7, 11) is 0. The Morgan fingerprint density at radius 1 is 1.12 bits per heavy atom. The highest BCUT2D eigenvalue weighted by Crippen LogP contribution is 2.28. The number of thiazole rings is 1. The van der Waals surface area contributed by atoms with Gasteiger partial charge in [-0.3, -0.25) is 4.98 Å². The average molecular weight is 342 g/mol. The molecule has 2 aromatic heterocycles. The van der Waals surface area contributed by atoms with Crippen LogP contribution in [0, 0.1) is 12.7 Å². The van der Waals surface area contributed by atoms with E-state index in [1.807, 2.05) is 19.2 Å². The van der Waals surface area contributed by atoms with Crippen LogP contribution in [-0.4, -0.2) is 9.97 Å². The van der Waals surface area contributed by atoms with Gasteiger partial charge >= 0.3 is 0 Å². The lowest BCUT2D eigenvalue weighted by atomic mass is 10.2. The van der Waals surface area contributed by atoms with Crippen LogP contribution in [-0.2, 0) is 24.4 Å². The van der Waals surface area contributed by atoms with Crippen LogP contribution < -0.4 is 0 Å². The lowest BCUT2D eigenvalue weighted by Crippen LogP contribution is -1.94. The lowest BCUT2D eigenvalue weighted by molar-refractivity contribution is 0.108. The molecule has 0 unspecified atom stereocenters. The zero-order valence-corrected chi connectivity index (χ0v) is 14.6. The number of hydrogen-bond donors (Lipinski definition) is 0. The Morgan fingerprint density at radius 2 is 1.92 bits per heavy atom. The molecule has 0 amide bonds. The predicted molar refractivity (Wildman–Crippen MR) is 94.4 cm³/mol. The minimum Gasteiger partial charge on any atom is -0.371 e. The molecule has 0 fully saturated rings. The second kappa shape index (κ2) is 7.64. The van der Waals surface area contributed by atoms with E-state index in [1.54, 1.807) is 23.5 Å². The molecule has 0 saturated carbocycles. The summed E-state index contributed by atoms with van der Waals surface area (Å²) < 4.78 is 18.6. The van der Waals surface area contributed by atoms with Crippen molar-refractivity contribution in [2.75, 3.05) is 0 Å². The van der Waals surface area contributed by atoms with Crippen LogP contribution in [0.3, 0.4) is 0 Å². The van der Waals surface area contributed by atoms with E-state index in [4.69, 9.17) is 4.74 Å². The van der Waals surface area contributed by atoms with Gasteiger partial charge in [0.1, 0.15) is 10.8 Å². The van der Waals surface area contributed by atoms with Crippen LogP contribution in [0.4, 0.5) is 4.39 Å². The van der Waals surface area contributed by atoms with E-state index in [9.17, 15) is 4.39 Å². The molecule has 124 valence electrons. The van der Waals surface area contributed by atoms with Gasteiger partial charge in [-0.05, 0) is 43.2 Å². The zero-order chi connectivity index (χ0) is 16.9. The number of benzene rings is 1. The molecule has 0 saturated heterocycles. The lowest BCUT2D eigenvalue weighted by Gasteiger charge is -2.03. The molecule has 0 bridgehead atoms. The van der Waals surface area contributed by atoms with E-state index >= 15 is 0 Å². The number of aromatic nitrogens is 2. The van der Waals surface area contributed by atoms with Crippen molar-refractivity contribution in [3.63, 3.8) is 0 Å². The van der Waals surface area contributed by atoms with E-state index in [0.29, 0.717) is 13.2 Å². The third-order valence-corrected chi connectivity index (χ3v) is 4.91. The van der Waals surface area contributed by atoms with Gasteiger partial charge in [0.15, 0.2) is 0 Å². The molecular weight excluding hydrogens is 323 g/mol. The van der Waals surface area contributed by atoms with E-state index in [0.717, 1.165) is 38.8 Å². The number of pyridine rings is 1. The first-order valence-corrected chi connectivity index (χ1v) is 8.71. The quantitative estimate of drug-likeness (QED) is 0.637. The second-order valence-electron chi connectivity index (χ2n) is 5.54. The normalized spacial score (nSPS) is 11.0. The van der Waals surface area contributed by atoms with Crippen molar-refractivity contribution < 1.29 is 9.13 Å². The third kappa shape index (κ3) is 4.04. The number of nitrogens with zero attached hydrogens (tertiary/aromatic N) is 2. The Balaban J connectivity index is 1.66. The van der Waals surface area contributed by atoms with E-state index in [-0.39, 0.29) is 5.82 Å². The summed E-state index contributed by atoms with van der Waals surface area (Å²) in [5.74, 6) is -0.231. The number of ether oxygens (including phenoxy) is 1. The number of rotatable bonds is 6. The molecule has 24 heavy (non-hydrogen) atoms. The largest absolute Gasteiger partial charge is 0.371 e. The highest BCUT2D eigenvalue weighted by atomic mass is 32.1. The first kappa shape index (κ1) is 16.7. The second-order valence-corrected chi connectivity index (χ2v) is 6.62. The van der Waals surface area contributed by atoms with Crippen LogP contribution in [0.2, 0.25) is 0 Å². The third-order valence-electron chi connectivity index (χ3n) is 3.73. The van der Waals surface area contributed by atoms with E-state index < -0.39 is 0 Å². The topological polar surface area (TPSA) is 35.0 Å². The van der Waals surface area contributed by atoms with Crippen molar-refractivity contribution in [1.82, 2.24) is 9.97 Å². The highest BCUT2D eigenvalue weighted by Gasteiger charge is 2.10. The molecule has 0 aliphatic heterocycles. The van der Waals surface area contributed by atoms with Crippen molar-refractivity contribution in [3.05, 3.63) is 70.2 Å². The number of hydrogen-bond acceptors (Lipinski definition) is 4. The smallest absolute Gasteiger partial charge is 0.124 e. The van der Waals surface area contributed by atoms with Crippen LogP contribution in [0.15, 0.2) is 42.6 Å². The van der Waals surface area contributed by atoms with Gasteiger partial charge in [0.05, 0.1) is 23.8 Å². The number of aryl methyl sites for hydroxylation is 2. The minimum atomic E-state index is -0.231. The maximum atomic E-state index is 12.9. The first-order chi connectivity index (χ1) is 11.7. The highest BCUT2D eigenvalue weighted by molar-refractivity contribution is 7.15. The molecule has 0 atom stereocenters. The summed E-state index contributed by atoms with van der Waals surface area (Å²) in [6, 6.07) is 10.4. The van der Waals surface area contributed by atoms with Crippen molar-refractivity contribution in [1.29, 1.82) is 0 Å². The van der Waals surface area contributed by atoms with Crippen LogP contribution >= 0.6 is 11.3 Å². The molecule has 0 aliphatic carbocycles. The SMILES string of the molecule is CCc1cc(-c2nc(C)c(COCc3ccc(F)cc3)s2)ccn1. The summed E-state index contributed by atoms with van der Waals surface area (Å²) in [6.07, 6.45) is 2.74. The van der Waals surface area contributed by atoms with Crippen LogP contribution in [0.25, 0.3) is 10.6 Å². The molecule has 3 nitrogen and oxygen atoms in total. The van der Waals surface area contributed by atoms with Crippen molar-refractivity contribution in [2.45, 2.75) is 33.5 Å². The molecule has 5 heteroatoms.